The summed E-state index contributed by atoms with van der Waals surface area (Å²) in [6.45, 7) is 2.18. The molecule has 0 saturated heterocycles. The molecule has 0 spiro atoms. The van der Waals surface area contributed by atoms with Crippen LogP contribution in [0.15, 0.2) is 11.8 Å². The predicted molar refractivity (Wildman–Crippen MR) is 27.7 cm³/mol. The quantitative estimate of drug-likeness (QED) is 0.424. The molecule has 0 rings (SSSR count). The molecule has 0 aromatic rings. The van der Waals surface area contributed by atoms with Crippen LogP contribution in [0.3, 0.4) is 0 Å². The summed E-state index contributed by atoms with van der Waals surface area (Å²) < 4.78 is 0. The molecule has 0 radical (unpaired) electrons. The van der Waals surface area contributed by atoms with E-state index < -0.39 is 0 Å². The molecule has 42 valence electrons. The van der Waals surface area contributed by atoms with Crippen molar-refractivity contribution in [2.45, 2.75) is 6.92 Å². The van der Waals surface area contributed by atoms with Crippen molar-refractivity contribution in [3.63, 3.8) is 0 Å². The SMILES string of the molecule is C/C(N)=C\CNO. The van der Waals surface area contributed by atoms with Gasteiger partial charge in [-0.05, 0) is 13.0 Å². The lowest BCUT2D eigenvalue weighted by molar-refractivity contribution is 0.179. The molecule has 0 fully saturated rings. The molecular formula is C4H10N2O. The van der Waals surface area contributed by atoms with E-state index in [1.165, 1.54) is 0 Å². The maximum atomic E-state index is 7.96. The van der Waals surface area contributed by atoms with Gasteiger partial charge < -0.3 is 10.9 Å². The third-order valence-electron chi connectivity index (χ3n) is 0.515. The number of nitrogens with one attached hydrogen (secondary N) is 1. The van der Waals surface area contributed by atoms with Gasteiger partial charge in [-0.25, -0.2) is 5.48 Å². The van der Waals surface area contributed by atoms with Crippen LogP contribution in [-0.2, 0) is 0 Å². The number of hydrogen-bond acceptors (Lipinski definition) is 3. The summed E-state index contributed by atoms with van der Waals surface area (Å²) in [5.41, 5.74) is 7.84. The van der Waals surface area contributed by atoms with Gasteiger partial charge in [-0.2, -0.15) is 0 Å². The van der Waals surface area contributed by atoms with E-state index >= 15 is 0 Å². The molecule has 3 nitrogen and oxygen atoms in total. The Balaban J connectivity index is 3.08. The summed E-state index contributed by atoms with van der Waals surface area (Å²) in [7, 11) is 0. The van der Waals surface area contributed by atoms with Crippen molar-refractivity contribution in [3.05, 3.63) is 11.8 Å². The largest absolute Gasteiger partial charge is 0.402 e. The molecule has 0 bridgehead atoms. The Morgan fingerprint density at radius 1 is 2.00 bits per heavy atom. The van der Waals surface area contributed by atoms with Crippen LogP contribution in [0.2, 0.25) is 0 Å². The lowest BCUT2D eigenvalue weighted by atomic mass is 10.4. The van der Waals surface area contributed by atoms with Crippen molar-refractivity contribution in [2.75, 3.05) is 6.54 Å². The van der Waals surface area contributed by atoms with Crippen LogP contribution < -0.4 is 11.2 Å². The molecule has 0 aliphatic carbocycles. The maximum Gasteiger partial charge on any atom is 0.0407 e. The fraction of sp³-hybridized carbons (Fsp3) is 0.500. The van der Waals surface area contributed by atoms with E-state index in [-0.39, 0.29) is 0 Å². The molecule has 7 heavy (non-hydrogen) atoms. The van der Waals surface area contributed by atoms with Gasteiger partial charge >= 0.3 is 0 Å². The van der Waals surface area contributed by atoms with Crippen molar-refractivity contribution in [3.8, 4) is 0 Å². The monoisotopic (exact) mass is 102 g/mol. The van der Waals surface area contributed by atoms with E-state index in [2.05, 4.69) is 0 Å². The summed E-state index contributed by atoms with van der Waals surface area (Å²) in [5.74, 6) is 0. The van der Waals surface area contributed by atoms with E-state index in [0.29, 0.717) is 12.2 Å². The Kier molecular flexibility index (Phi) is 3.36. The van der Waals surface area contributed by atoms with Gasteiger partial charge in [0.25, 0.3) is 0 Å². The van der Waals surface area contributed by atoms with Gasteiger partial charge in [0.05, 0.1) is 0 Å². The molecule has 0 saturated carbocycles. The van der Waals surface area contributed by atoms with Crippen molar-refractivity contribution in [1.82, 2.24) is 5.48 Å². The lowest BCUT2D eigenvalue weighted by Gasteiger charge is -1.87. The molecule has 0 atom stereocenters. The van der Waals surface area contributed by atoms with Gasteiger partial charge in [0, 0.05) is 12.2 Å². The minimum absolute atomic E-state index is 0.419. The van der Waals surface area contributed by atoms with Gasteiger partial charge in [-0.3, -0.25) is 0 Å². The van der Waals surface area contributed by atoms with Crippen molar-refractivity contribution in [1.29, 1.82) is 0 Å². The highest BCUT2D eigenvalue weighted by Crippen LogP contribution is 1.73. The first kappa shape index (κ1) is 6.46. The minimum Gasteiger partial charge on any atom is -0.402 e. The van der Waals surface area contributed by atoms with Crippen LogP contribution in [0.5, 0.6) is 0 Å². The fourth-order valence-electron chi connectivity index (χ4n) is 0.207. The highest BCUT2D eigenvalue weighted by Gasteiger charge is 1.72. The topological polar surface area (TPSA) is 58.3 Å². The summed E-state index contributed by atoms with van der Waals surface area (Å²) in [6.07, 6.45) is 1.68. The smallest absolute Gasteiger partial charge is 0.0407 e. The van der Waals surface area contributed by atoms with E-state index in [9.17, 15) is 0 Å². The lowest BCUT2D eigenvalue weighted by Crippen LogP contribution is -2.07. The number of allylic oxidation sites excluding steroid dienone is 1. The zero-order valence-electron chi connectivity index (χ0n) is 4.31. The van der Waals surface area contributed by atoms with E-state index in [1.54, 1.807) is 13.0 Å². The second-order valence-corrected chi connectivity index (χ2v) is 1.31. The number of rotatable bonds is 2. The summed E-state index contributed by atoms with van der Waals surface area (Å²) in [4.78, 5) is 0. The van der Waals surface area contributed by atoms with Crippen LogP contribution in [0.25, 0.3) is 0 Å². The first-order valence-electron chi connectivity index (χ1n) is 2.06. The van der Waals surface area contributed by atoms with Crippen molar-refractivity contribution < 1.29 is 5.21 Å². The molecule has 0 aromatic carbocycles. The number of hydrogen-bond donors (Lipinski definition) is 3. The fourth-order valence-corrected chi connectivity index (χ4v) is 0.207. The molecule has 0 heterocycles. The van der Waals surface area contributed by atoms with Crippen LogP contribution >= 0.6 is 0 Å². The normalized spacial score (nSPS) is 12.0. The Morgan fingerprint density at radius 3 is 2.71 bits per heavy atom. The third-order valence-corrected chi connectivity index (χ3v) is 0.515. The molecule has 0 aliphatic rings. The van der Waals surface area contributed by atoms with Crippen LogP contribution in [-0.4, -0.2) is 11.8 Å². The average molecular weight is 102 g/mol. The number of hydroxylamine groups is 1. The standard InChI is InChI=1S/C4H10N2O/c1-4(5)2-3-6-7/h2,6-7H,3,5H2,1H3/b4-2+. The molecule has 0 aromatic heterocycles. The Hall–Kier alpha value is -0.540. The van der Waals surface area contributed by atoms with Crippen LogP contribution in [0.4, 0.5) is 0 Å². The van der Waals surface area contributed by atoms with Gasteiger partial charge in [0.15, 0.2) is 0 Å². The number of nitrogens with two attached hydrogens (primary N) is 1. The predicted octanol–water partition coefficient (Wildman–Crippen LogP) is -0.172. The first-order chi connectivity index (χ1) is 3.27. The van der Waals surface area contributed by atoms with E-state index in [4.69, 9.17) is 10.9 Å². The van der Waals surface area contributed by atoms with Gasteiger partial charge in [-0.15, -0.1) is 0 Å². The average Bonchev–Trinajstić information content (AvgIpc) is 1.61. The highest BCUT2D eigenvalue weighted by molar-refractivity contribution is 4.91. The van der Waals surface area contributed by atoms with E-state index in [0.717, 1.165) is 0 Å². The zero-order chi connectivity index (χ0) is 5.70. The Bertz CT molecular complexity index is 66.1. The highest BCUT2D eigenvalue weighted by atomic mass is 16.5. The molecule has 0 amide bonds. The second kappa shape index (κ2) is 3.64. The molecule has 0 unspecified atom stereocenters. The Labute approximate surface area is 42.8 Å². The summed E-state index contributed by atoms with van der Waals surface area (Å²) >= 11 is 0. The van der Waals surface area contributed by atoms with Gasteiger partial charge in [0.1, 0.15) is 0 Å². The van der Waals surface area contributed by atoms with Gasteiger partial charge in [-0.1, -0.05) is 0 Å². The van der Waals surface area contributed by atoms with Crippen LogP contribution in [0, 0.1) is 0 Å². The first-order valence-corrected chi connectivity index (χ1v) is 2.06. The van der Waals surface area contributed by atoms with Gasteiger partial charge in [0.2, 0.25) is 0 Å². The minimum atomic E-state index is 0.419. The summed E-state index contributed by atoms with van der Waals surface area (Å²) in [6, 6.07) is 0. The molecular weight excluding hydrogens is 92.1 g/mol. The maximum absolute atomic E-state index is 7.96. The Morgan fingerprint density at radius 2 is 2.57 bits per heavy atom. The molecule has 3 heteroatoms. The zero-order valence-corrected chi connectivity index (χ0v) is 4.31. The third kappa shape index (κ3) is 5.46. The van der Waals surface area contributed by atoms with E-state index in [1.807, 2.05) is 5.48 Å². The summed E-state index contributed by atoms with van der Waals surface area (Å²) in [5, 5.41) is 7.96. The molecule has 0 aliphatic heterocycles. The second-order valence-electron chi connectivity index (χ2n) is 1.31. The van der Waals surface area contributed by atoms with Crippen LogP contribution in [0.1, 0.15) is 6.92 Å². The van der Waals surface area contributed by atoms with Crippen molar-refractivity contribution >= 4 is 0 Å². The van der Waals surface area contributed by atoms with Crippen molar-refractivity contribution in [2.24, 2.45) is 5.73 Å². The molecule has 4 N–H and O–H groups in total.